The van der Waals surface area contributed by atoms with Gasteiger partial charge in [-0.1, -0.05) is 6.92 Å². The van der Waals surface area contributed by atoms with Crippen LogP contribution in [0.5, 0.6) is 0 Å². The predicted octanol–water partition coefficient (Wildman–Crippen LogP) is 1.53. The second kappa shape index (κ2) is 6.43. The maximum atomic E-state index is 11.5. The van der Waals surface area contributed by atoms with Gasteiger partial charge in [-0.15, -0.1) is 0 Å². The van der Waals surface area contributed by atoms with Gasteiger partial charge in [-0.2, -0.15) is 0 Å². The van der Waals surface area contributed by atoms with Gasteiger partial charge in [0.2, 0.25) is 0 Å². The van der Waals surface area contributed by atoms with Crippen LogP contribution in [0.4, 0.5) is 0 Å². The van der Waals surface area contributed by atoms with Crippen molar-refractivity contribution in [1.29, 1.82) is 0 Å². The average molecular weight is 214 g/mol. The van der Waals surface area contributed by atoms with E-state index in [4.69, 9.17) is 4.74 Å². The molecule has 0 aromatic carbocycles. The molecular weight excluding hydrogens is 196 g/mol. The van der Waals surface area contributed by atoms with E-state index >= 15 is 0 Å². The zero-order valence-electron chi connectivity index (χ0n) is 9.11. The van der Waals surface area contributed by atoms with Gasteiger partial charge in [0.1, 0.15) is 13.2 Å². The van der Waals surface area contributed by atoms with Crippen molar-refractivity contribution in [1.82, 2.24) is 0 Å². The topological polar surface area (TPSA) is 52.6 Å². The number of esters is 1. The fourth-order valence-electron chi connectivity index (χ4n) is 1.85. The number of hydrogen-bond acceptors (Lipinski definition) is 4. The average Bonchev–Trinajstić information content (AvgIpc) is 2.25. The summed E-state index contributed by atoms with van der Waals surface area (Å²) in [5, 5.41) is 0. The molecule has 0 aromatic heterocycles. The zero-order chi connectivity index (χ0) is 11.1. The largest absolute Gasteiger partial charge is 0.464 e. The third-order valence-corrected chi connectivity index (χ3v) is 2.86. The minimum absolute atomic E-state index is 0.0532. The molecule has 0 saturated heterocycles. The van der Waals surface area contributed by atoms with Crippen molar-refractivity contribution in [2.45, 2.75) is 32.6 Å². The van der Waals surface area contributed by atoms with Crippen molar-refractivity contribution in [2.75, 3.05) is 13.2 Å². The molecule has 0 unspecified atom stereocenters. The Morgan fingerprint density at radius 3 is 2.53 bits per heavy atom. The predicted molar refractivity (Wildman–Crippen MR) is 54.1 cm³/mol. The summed E-state index contributed by atoms with van der Waals surface area (Å²) < 4.78 is 9.43. The van der Waals surface area contributed by atoms with Gasteiger partial charge in [-0.05, 0) is 31.6 Å². The van der Waals surface area contributed by atoms with Crippen LogP contribution < -0.4 is 0 Å². The fourth-order valence-corrected chi connectivity index (χ4v) is 1.85. The third kappa shape index (κ3) is 4.32. The standard InChI is InChI=1S/C11H18O4/c1-9-2-4-10(5-3-9)11(13)15-7-6-14-8-12/h8-10H,2-7H2,1H3. The van der Waals surface area contributed by atoms with Crippen LogP contribution in [0.2, 0.25) is 0 Å². The Morgan fingerprint density at radius 1 is 1.27 bits per heavy atom. The van der Waals surface area contributed by atoms with Gasteiger partial charge >= 0.3 is 5.97 Å². The molecule has 4 heteroatoms. The molecule has 0 aliphatic heterocycles. The molecule has 1 rings (SSSR count). The lowest BCUT2D eigenvalue weighted by molar-refractivity contribution is -0.152. The summed E-state index contributed by atoms with van der Waals surface area (Å²) in [6, 6.07) is 0. The normalized spacial score (nSPS) is 25.7. The summed E-state index contributed by atoms with van der Waals surface area (Å²) in [6.45, 7) is 2.89. The van der Waals surface area contributed by atoms with Crippen molar-refractivity contribution in [2.24, 2.45) is 11.8 Å². The maximum absolute atomic E-state index is 11.5. The molecule has 15 heavy (non-hydrogen) atoms. The van der Waals surface area contributed by atoms with E-state index in [1.165, 1.54) is 0 Å². The highest BCUT2D eigenvalue weighted by atomic mass is 16.6. The third-order valence-electron chi connectivity index (χ3n) is 2.86. The quantitative estimate of drug-likeness (QED) is 0.395. The maximum Gasteiger partial charge on any atom is 0.309 e. The van der Waals surface area contributed by atoms with Crippen LogP contribution >= 0.6 is 0 Å². The Bertz CT molecular complexity index is 207. The van der Waals surface area contributed by atoms with Gasteiger partial charge in [0, 0.05) is 0 Å². The first kappa shape index (κ1) is 12.0. The highest BCUT2D eigenvalue weighted by Crippen LogP contribution is 2.28. The minimum atomic E-state index is -0.142. The van der Waals surface area contributed by atoms with Gasteiger partial charge in [-0.25, -0.2) is 0 Å². The van der Waals surface area contributed by atoms with Crippen LogP contribution in [-0.2, 0) is 19.1 Å². The SMILES string of the molecule is CC1CCC(C(=O)OCCOC=O)CC1. The molecule has 0 heterocycles. The van der Waals surface area contributed by atoms with E-state index in [9.17, 15) is 9.59 Å². The Morgan fingerprint density at radius 2 is 1.93 bits per heavy atom. The van der Waals surface area contributed by atoms with Crippen LogP contribution in [0.3, 0.4) is 0 Å². The summed E-state index contributed by atoms with van der Waals surface area (Å²) in [7, 11) is 0. The van der Waals surface area contributed by atoms with Crippen molar-refractivity contribution in [3.05, 3.63) is 0 Å². The van der Waals surface area contributed by atoms with Crippen molar-refractivity contribution in [3.63, 3.8) is 0 Å². The highest BCUT2D eigenvalue weighted by molar-refractivity contribution is 5.72. The number of carbonyl (C=O) groups excluding carboxylic acids is 2. The molecule has 0 amide bonds. The highest BCUT2D eigenvalue weighted by Gasteiger charge is 2.25. The molecule has 0 aromatic rings. The number of hydrogen-bond donors (Lipinski definition) is 0. The molecule has 0 N–H and O–H groups in total. The van der Waals surface area contributed by atoms with Gasteiger partial charge < -0.3 is 9.47 Å². The van der Waals surface area contributed by atoms with E-state index < -0.39 is 0 Å². The van der Waals surface area contributed by atoms with Gasteiger partial charge in [-0.3, -0.25) is 9.59 Å². The molecule has 86 valence electrons. The summed E-state index contributed by atoms with van der Waals surface area (Å²) in [5.74, 6) is 0.640. The van der Waals surface area contributed by atoms with Gasteiger partial charge in [0.25, 0.3) is 6.47 Å². The molecule has 0 radical (unpaired) electrons. The van der Waals surface area contributed by atoms with Crippen LogP contribution in [0.1, 0.15) is 32.6 Å². The lowest BCUT2D eigenvalue weighted by Gasteiger charge is -2.24. The van der Waals surface area contributed by atoms with E-state index in [2.05, 4.69) is 11.7 Å². The molecule has 0 spiro atoms. The van der Waals surface area contributed by atoms with Crippen molar-refractivity contribution < 1.29 is 19.1 Å². The van der Waals surface area contributed by atoms with Gasteiger partial charge in [0.15, 0.2) is 0 Å². The Kier molecular flexibility index (Phi) is 5.15. The monoisotopic (exact) mass is 214 g/mol. The molecule has 1 aliphatic rings. The number of ether oxygens (including phenoxy) is 2. The lowest BCUT2D eigenvalue weighted by Crippen LogP contribution is -2.24. The van der Waals surface area contributed by atoms with Crippen LogP contribution in [0.25, 0.3) is 0 Å². The molecule has 1 saturated carbocycles. The molecule has 0 atom stereocenters. The second-order valence-electron chi connectivity index (χ2n) is 4.09. The van der Waals surface area contributed by atoms with Crippen molar-refractivity contribution >= 4 is 12.4 Å². The van der Waals surface area contributed by atoms with E-state index in [1.54, 1.807) is 0 Å². The van der Waals surface area contributed by atoms with Crippen molar-refractivity contribution in [3.8, 4) is 0 Å². The Labute approximate surface area is 89.9 Å². The summed E-state index contributed by atoms with van der Waals surface area (Å²) >= 11 is 0. The van der Waals surface area contributed by atoms with E-state index in [1.807, 2.05) is 0 Å². The van der Waals surface area contributed by atoms with E-state index in [-0.39, 0.29) is 25.1 Å². The summed E-state index contributed by atoms with van der Waals surface area (Å²) in [6.07, 6.45) is 4.05. The van der Waals surface area contributed by atoms with Crippen LogP contribution in [0, 0.1) is 11.8 Å². The Balaban J connectivity index is 2.14. The van der Waals surface area contributed by atoms with Crippen LogP contribution in [-0.4, -0.2) is 25.7 Å². The molecule has 1 aliphatic carbocycles. The lowest BCUT2D eigenvalue weighted by atomic mass is 9.83. The zero-order valence-corrected chi connectivity index (χ0v) is 9.11. The number of carbonyl (C=O) groups is 2. The minimum Gasteiger partial charge on any atom is -0.464 e. The first-order chi connectivity index (χ1) is 7.24. The molecule has 1 fully saturated rings. The van der Waals surface area contributed by atoms with E-state index in [0.717, 1.165) is 31.6 Å². The first-order valence-corrected chi connectivity index (χ1v) is 5.46. The molecule has 4 nitrogen and oxygen atoms in total. The van der Waals surface area contributed by atoms with Crippen LogP contribution in [0.15, 0.2) is 0 Å². The van der Waals surface area contributed by atoms with Gasteiger partial charge in [0.05, 0.1) is 5.92 Å². The Hall–Kier alpha value is -1.06. The second-order valence-corrected chi connectivity index (χ2v) is 4.09. The first-order valence-electron chi connectivity index (χ1n) is 5.46. The summed E-state index contributed by atoms with van der Waals surface area (Å²) in [5.41, 5.74) is 0. The summed E-state index contributed by atoms with van der Waals surface area (Å²) in [4.78, 5) is 21.3. The smallest absolute Gasteiger partial charge is 0.309 e. The number of rotatable bonds is 5. The van der Waals surface area contributed by atoms with E-state index in [0.29, 0.717) is 6.47 Å². The fraction of sp³-hybridized carbons (Fsp3) is 0.818. The molecular formula is C11H18O4. The molecule has 0 bridgehead atoms.